The molecule has 23 heavy (non-hydrogen) atoms. The molecular formula is C16H24O7. The number of rotatable bonds is 10. The van der Waals surface area contributed by atoms with E-state index in [4.69, 9.17) is 46.0 Å². The monoisotopic (exact) mass is 328 g/mol. The van der Waals surface area contributed by atoms with E-state index in [1.54, 1.807) is 0 Å². The molecule has 1 aliphatic heterocycles. The zero-order valence-electron chi connectivity index (χ0n) is 13.7. The third-order valence-electron chi connectivity index (χ3n) is 3.29. The topological polar surface area (TPSA) is 64.6 Å². The maximum absolute atomic E-state index is 5.85. The maximum atomic E-state index is 5.85. The van der Waals surface area contributed by atoms with Gasteiger partial charge in [-0.05, 0) is 0 Å². The largest absolute Gasteiger partial charge is 0.359 e. The molecular weight excluding hydrogens is 304 g/mol. The Morgan fingerprint density at radius 2 is 1.48 bits per heavy atom. The molecule has 130 valence electrons. The highest BCUT2D eigenvalue weighted by molar-refractivity contribution is 5.13. The fraction of sp³-hybridized carbons (Fsp3) is 0.750. The molecule has 0 saturated carbocycles. The summed E-state index contributed by atoms with van der Waals surface area (Å²) >= 11 is 0. The molecule has 1 fully saturated rings. The molecule has 0 unspecified atom stereocenters. The Kier molecular flexibility index (Phi) is 9.85. The van der Waals surface area contributed by atoms with E-state index in [1.807, 2.05) is 0 Å². The molecule has 0 N–H and O–H groups in total. The number of terminal acetylenes is 2. The van der Waals surface area contributed by atoms with Gasteiger partial charge in [0.15, 0.2) is 0 Å². The molecule has 0 aromatic rings. The summed E-state index contributed by atoms with van der Waals surface area (Å²) in [6.45, 7) is 0.454. The van der Waals surface area contributed by atoms with Crippen molar-refractivity contribution in [2.24, 2.45) is 5.92 Å². The van der Waals surface area contributed by atoms with Crippen LogP contribution in [0.4, 0.5) is 0 Å². The van der Waals surface area contributed by atoms with Gasteiger partial charge in [0.2, 0.25) is 0 Å². The second-order valence-corrected chi connectivity index (χ2v) is 4.81. The predicted molar refractivity (Wildman–Crippen MR) is 81.1 cm³/mol. The summed E-state index contributed by atoms with van der Waals surface area (Å²) in [5.41, 5.74) is 0. The molecule has 1 heterocycles. The lowest BCUT2D eigenvalue weighted by atomic mass is 9.87. The number of methoxy groups -OCH3 is 3. The van der Waals surface area contributed by atoms with E-state index >= 15 is 0 Å². The van der Waals surface area contributed by atoms with Crippen LogP contribution in [0, 0.1) is 30.6 Å². The van der Waals surface area contributed by atoms with Gasteiger partial charge in [0.25, 0.3) is 0 Å². The summed E-state index contributed by atoms with van der Waals surface area (Å²) in [6, 6.07) is 0. The van der Waals surface area contributed by atoms with E-state index in [0.717, 1.165) is 0 Å². The average molecular weight is 328 g/mol. The van der Waals surface area contributed by atoms with E-state index in [9.17, 15) is 0 Å². The zero-order chi connectivity index (χ0) is 17.1. The maximum Gasteiger partial charge on any atom is 0.147 e. The second-order valence-electron chi connectivity index (χ2n) is 4.81. The molecule has 1 saturated heterocycles. The van der Waals surface area contributed by atoms with Crippen molar-refractivity contribution in [2.75, 3.05) is 48.3 Å². The van der Waals surface area contributed by atoms with Crippen LogP contribution in [0.3, 0.4) is 0 Å². The Morgan fingerprint density at radius 3 is 2.00 bits per heavy atom. The summed E-state index contributed by atoms with van der Waals surface area (Å²) < 4.78 is 37.3. The van der Waals surface area contributed by atoms with Crippen molar-refractivity contribution >= 4 is 0 Å². The van der Waals surface area contributed by atoms with Crippen molar-refractivity contribution in [3.63, 3.8) is 0 Å². The first-order valence-electron chi connectivity index (χ1n) is 7.08. The highest BCUT2D eigenvalue weighted by Gasteiger charge is 2.46. The molecule has 7 heteroatoms. The standard InChI is InChI=1S/C16H24O7/c1-6-12-14(8-20-9-17-3)23-13(7-2)16(22-11-19-5)15(12)21-10-18-4/h1-2,12-16H,8-11H2,3-5H3/t12-,13-,14-,15+,16+/m1/s1. The van der Waals surface area contributed by atoms with Crippen LogP contribution in [-0.2, 0) is 33.2 Å². The molecule has 0 bridgehead atoms. The van der Waals surface area contributed by atoms with Crippen molar-refractivity contribution in [3.8, 4) is 24.7 Å². The molecule has 0 aliphatic carbocycles. The molecule has 0 aromatic heterocycles. The first-order valence-corrected chi connectivity index (χ1v) is 7.08. The minimum Gasteiger partial charge on any atom is -0.359 e. The Hall–Kier alpha value is -1.16. The van der Waals surface area contributed by atoms with Crippen LogP contribution >= 0.6 is 0 Å². The smallest absolute Gasteiger partial charge is 0.147 e. The highest BCUT2D eigenvalue weighted by atomic mass is 16.7. The number of ether oxygens (including phenoxy) is 7. The predicted octanol–water partition coefficient (Wildman–Crippen LogP) is 0.235. The third-order valence-corrected chi connectivity index (χ3v) is 3.29. The van der Waals surface area contributed by atoms with Crippen molar-refractivity contribution < 1.29 is 33.2 Å². The van der Waals surface area contributed by atoms with Crippen molar-refractivity contribution in [2.45, 2.75) is 24.4 Å². The summed E-state index contributed by atoms with van der Waals surface area (Å²) in [5, 5.41) is 0. The van der Waals surface area contributed by atoms with Crippen LogP contribution in [0.25, 0.3) is 0 Å². The van der Waals surface area contributed by atoms with E-state index in [1.165, 1.54) is 21.3 Å². The lowest BCUT2D eigenvalue weighted by Gasteiger charge is -2.42. The van der Waals surface area contributed by atoms with Crippen LogP contribution < -0.4 is 0 Å². The average Bonchev–Trinajstić information content (AvgIpc) is 2.58. The van der Waals surface area contributed by atoms with Crippen LogP contribution in [0.5, 0.6) is 0 Å². The third kappa shape index (κ3) is 5.76. The lowest BCUT2D eigenvalue weighted by Crippen LogP contribution is -2.57. The van der Waals surface area contributed by atoms with Gasteiger partial charge in [0, 0.05) is 21.3 Å². The quantitative estimate of drug-likeness (QED) is 0.323. The molecule has 1 aliphatic rings. The first kappa shape index (κ1) is 19.9. The van der Waals surface area contributed by atoms with Crippen LogP contribution in [0.15, 0.2) is 0 Å². The van der Waals surface area contributed by atoms with Crippen molar-refractivity contribution in [1.82, 2.24) is 0 Å². The van der Waals surface area contributed by atoms with Gasteiger partial charge in [-0.2, -0.15) is 0 Å². The van der Waals surface area contributed by atoms with Crippen molar-refractivity contribution in [1.29, 1.82) is 0 Å². The molecule has 5 atom stereocenters. The van der Waals surface area contributed by atoms with Gasteiger partial charge in [-0.3, -0.25) is 0 Å². The Bertz CT molecular complexity index is 400. The van der Waals surface area contributed by atoms with Crippen LogP contribution in [-0.4, -0.2) is 72.7 Å². The molecule has 0 amide bonds. The van der Waals surface area contributed by atoms with Crippen molar-refractivity contribution in [3.05, 3.63) is 0 Å². The molecule has 0 spiro atoms. The Morgan fingerprint density at radius 1 is 0.870 bits per heavy atom. The van der Waals surface area contributed by atoms with Gasteiger partial charge < -0.3 is 33.2 Å². The zero-order valence-corrected chi connectivity index (χ0v) is 13.7. The summed E-state index contributed by atoms with van der Waals surface area (Å²) in [4.78, 5) is 0. The van der Waals surface area contributed by atoms with E-state index in [-0.39, 0.29) is 27.0 Å². The fourth-order valence-electron chi connectivity index (χ4n) is 2.34. The van der Waals surface area contributed by atoms with E-state index in [2.05, 4.69) is 11.8 Å². The summed E-state index contributed by atoms with van der Waals surface area (Å²) in [6.07, 6.45) is 9.05. The van der Waals surface area contributed by atoms with Gasteiger partial charge in [-0.15, -0.1) is 12.8 Å². The Labute approximate surface area is 137 Å². The lowest BCUT2D eigenvalue weighted by molar-refractivity contribution is -0.246. The van der Waals surface area contributed by atoms with E-state index < -0.39 is 30.3 Å². The molecule has 1 rings (SSSR count). The first-order chi connectivity index (χ1) is 11.2. The Balaban J connectivity index is 2.90. The molecule has 0 radical (unpaired) electrons. The SMILES string of the molecule is C#C[C@H]1[C@H](OCOC)[C@@H](OCOC)[C@@H](C#C)O[C@@H]1COCOC. The number of hydrogen-bond acceptors (Lipinski definition) is 7. The van der Waals surface area contributed by atoms with Crippen LogP contribution in [0.2, 0.25) is 0 Å². The van der Waals surface area contributed by atoms with Gasteiger partial charge in [0.1, 0.15) is 38.7 Å². The molecule has 7 nitrogen and oxygen atoms in total. The van der Waals surface area contributed by atoms with Gasteiger partial charge in [-0.25, -0.2) is 0 Å². The van der Waals surface area contributed by atoms with Crippen LogP contribution in [0.1, 0.15) is 0 Å². The highest BCUT2D eigenvalue weighted by Crippen LogP contribution is 2.30. The van der Waals surface area contributed by atoms with Gasteiger partial charge in [0.05, 0.1) is 18.6 Å². The molecule has 0 aromatic carbocycles. The minimum absolute atomic E-state index is 0.0428. The normalized spacial score (nSPS) is 30.6. The summed E-state index contributed by atoms with van der Waals surface area (Å²) in [5.74, 6) is 4.81. The number of hydrogen-bond donors (Lipinski definition) is 0. The van der Waals surface area contributed by atoms with E-state index in [0.29, 0.717) is 0 Å². The summed E-state index contributed by atoms with van der Waals surface area (Å²) in [7, 11) is 4.57. The van der Waals surface area contributed by atoms with Gasteiger partial charge >= 0.3 is 0 Å². The van der Waals surface area contributed by atoms with Gasteiger partial charge in [-0.1, -0.05) is 11.8 Å². The minimum atomic E-state index is -0.646. The second kappa shape index (κ2) is 11.4. The fourth-order valence-corrected chi connectivity index (χ4v) is 2.34.